The second-order valence-electron chi connectivity index (χ2n) is 4.12. The van der Waals surface area contributed by atoms with Gasteiger partial charge < -0.3 is 15.0 Å². The average molecular weight is 254 g/mol. The standard InChI is InChI=1S/C12H18N2O2S/c1-10-2-7-17-11(10)8-13-9-12(15)14-3-5-16-6-4-14/h2,7,13H,3-6,8-9H2,1H3. The number of thiophene rings is 1. The monoisotopic (exact) mass is 254 g/mol. The third-order valence-electron chi connectivity index (χ3n) is 2.89. The molecule has 4 nitrogen and oxygen atoms in total. The summed E-state index contributed by atoms with van der Waals surface area (Å²) in [5, 5.41) is 5.28. The van der Waals surface area contributed by atoms with Crippen LogP contribution in [0.2, 0.25) is 0 Å². The van der Waals surface area contributed by atoms with Gasteiger partial charge in [0.2, 0.25) is 5.91 Å². The first-order valence-corrected chi connectivity index (χ1v) is 6.74. The van der Waals surface area contributed by atoms with Crippen LogP contribution in [-0.4, -0.2) is 43.7 Å². The first-order valence-electron chi connectivity index (χ1n) is 5.86. The lowest BCUT2D eigenvalue weighted by atomic mass is 10.3. The molecule has 0 unspecified atom stereocenters. The maximum absolute atomic E-state index is 11.8. The Morgan fingerprint density at radius 2 is 2.29 bits per heavy atom. The minimum Gasteiger partial charge on any atom is -0.378 e. The molecule has 1 aliphatic rings. The fraction of sp³-hybridized carbons (Fsp3) is 0.583. The Morgan fingerprint density at radius 1 is 1.53 bits per heavy atom. The molecule has 1 amide bonds. The topological polar surface area (TPSA) is 41.6 Å². The molecule has 1 aliphatic heterocycles. The van der Waals surface area contributed by atoms with Gasteiger partial charge in [0.25, 0.3) is 0 Å². The number of aryl methyl sites for hydroxylation is 1. The van der Waals surface area contributed by atoms with Crippen molar-refractivity contribution in [3.05, 3.63) is 21.9 Å². The van der Waals surface area contributed by atoms with Crippen LogP contribution in [0.5, 0.6) is 0 Å². The summed E-state index contributed by atoms with van der Waals surface area (Å²) in [7, 11) is 0. The van der Waals surface area contributed by atoms with Gasteiger partial charge in [-0.2, -0.15) is 0 Å². The summed E-state index contributed by atoms with van der Waals surface area (Å²) in [6.07, 6.45) is 0. The molecule has 0 aliphatic carbocycles. The SMILES string of the molecule is Cc1ccsc1CNCC(=O)N1CCOCC1. The number of carbonyl (C=O) groups excluding carboxylic acids is 1. The summed E-state index contributed by atoms with van der Waals surface area (Å²) in [6.45, 7) is 6.05. The zero-order valence-corrected chi connectivity index (χ0v) is 10.9. The Labute approximate surface area is 106 Å². The van der Waals surface area contributed by atoms with Crippen molar-refractivity contribution >= 4 is 17.2 Å². The molecule has 5 heteroatoms. The molecule has 0 saturated carbocycles. The zero-order chi connectivity index (χ0) is 12.1. The van der Waals surface area contributed by atoms with E-state index in [1.807, 2.05) is 4.90 Å². The Bertz CT molecular complexity index is 372. The van der Waals surface area contributed by atoms with Crippen LogP contribution in [0.4, 0.5) is 0 Å². The van der Waals surface area contributed by atoms with E-state index in [1.54, 1.807) is 11.3 Å². The maximum Gasteiger partial charge on any atom is 0.236 e. The average Bonchev–Trinajstić information content (AvgIpc) is 2.76. The van der Waals surface area contributed by atoms with Gasteiger partial charge in [-0.05, 0) is 23.9 Å². The van der Waals surface area contributed by atoms with E-state index < -0.39 is 0 Å². The lowest BCUT2D eigenvalue weighted by Crippen LogP contribution is -2.44. The normalized spacial score (nSPS) is 16.2. The molecular formula is C12H18N2O2S. The highest BCUT2D eigenvalue weighted by Crippen LogP contribution is 2.14. The van der Waals surface area contributed by atoms with E-state index in [0.717, 1.165) is 19.6 Å². The highest BCUT2D eigenvalue weighted by atomic mass is 32.1. The number of hydrogen-bond acceptors (Lipinski definition) is 4. The predicted octanol–water partition coefficient (Wildman–Crippen LogP) is 1.00. The van der Waals surface area contributed by atoms with Crippen molar-refractivity contribution in [2.24, 2.45) is 0 Å². The van der Waals surface area contributed by atoms with Gasteiger partial charge in [0.15, 0.2) is 0 Å². The fourth-order valence-corrected chi connectivity index (χ4v) is 2.67. The summed E-state index contributed by atoms with van der Waals surface area (Å²) < 4.78 is 5.22. The molecule has 1 fully saturated rings. The number of rotatable bonds is 4. The number of carbonyl (C=O) groups is 1. The molecule has 2 heterocycles. The van der Waals surface area contributed by atoms with Crippen LogP contribution in [-0.2, 0) is 16.1 Å². The Hall–Kier alpha value is -0.910. The summed E-state index contributed by atoms with van der Waals surface area (Å²) in [4.78, 5) is 15.0. The Morgan fingerprint density at radius 3 is 2.94 bits per heavy atom. The third kappa shape index (κ3) is 3.52. The van der Waals surface area contributed by atoms with Crippen molar-refractivity contribution in [2.45, 2.75) is 13.5 Å². The van der Waals surface area contributed by atoms with Gasteiger partial charge in [-0.25, -0.2) is 0 Å². The molecular weight excluding hydrogens is 236 g/mol. The van der Waals surface area contributed by atoms with E-state index in [2.05, 4.69) is 23.7 Å². The third-order valence-corrected chi connectivity index (χ3v) is 3.92. The molecule has 0 bridgehead atoms. The molecule has 17 heavy (non-hydrogen) atoms. The van der Waals surface area contributed by atoms with E-state index in [4.69, 9.17) is 4.74 Å². The van der Waals surface area contributed by atoms with Gasteiger partial charge in [0.05, 0.1) is 19.8 Å². The molecule has 94 valence electrons. The summed E-state index contributed by atoms with van der Waals surface area (Å²) >= 11 is 1.73. The van der Waals surface area contributed by atoms with Crippen LogP contribution in [0.25, 0.3) is 0 Å². The number of nitrogens with zero attached hydrogens (tertiary/aromatic N) is 1. The molecule has 1 aromatic rings. The van der Waals surface area contributed by atoms with Crippen molar-refractivity contribution < 1.29 is 9.53 Å². The number of ether oxygens (including phenoxy) is 1. The summed E-state index contributed by atoms with van der Waals surface area (Å²) in [6, 6.07) is 2.10. The van der Waals surface area contributed by atoms with E-state index in [9.17, 15) is 4.79 Å². The molecule has 1 saturated heterocycles. The van der Waals surface area contributed by atoms with Crippen molar-refractivity contribution in [1.29, 1.82) is 0 Å². The number of hydrogen-bond donors (Lipinski definition) is 1. The van der Waals surface area contributed by atoms with Gasteiger partial charge in [0.1, 0.15) is 0 Å². The summed E-state index contributed by atoms with van der Waals surface area (Å²) in [5.74, 6) is 0.169. The van der Waals surface area contributed by atoms with Crippen LogP contribution in [0.3, 0.4) is 0 Å². The number of morpholine rings is 1. The minimum absolute atomic E-state index is 0.169. The number of nitrogens with one attached hydrogen (secondary N) is 1. The van der Waals surface area contributed by atoms with Gasteiger partial charge in [-0.15, -0.1) is 11.3 Å². The Kier molecular flexibility index (Phi) is 4.53. The second kappa shape index (κ2) is 6.14. The maximum atomic E-state index is 11.8. The van der Waals surface area contributed by atoms with Crippen molar-refractivity contribution in [3.63, 3.8) is 0 Å². The van der Waals surface area contributed by atoms with Gasteiger partial charge >= 0.3 is 0 Å². The molecule has 0 radical (unpaired) electrons. The molecule has 0 atom stereocenters. The predicted molar refractivity (Wildman–Crippen MR) is 68.2 cm³/mol. The molecule has 1 aromatic heterocycles. The van der Waals surface area contributed by atoms with Crippen molar-refractivity contribution in [2.75, 3.05) is 32.8 Å². The summed E-state index contributed by atoms with van der Waals surface area (Å²) in [5.41, 5.74) is 1.29. The lowest BCUT2D eigenvalue weighted by Gasteiger charge is -2.26. The highest BCUT2D eigenvalue weighted by Gasteiger charge is 2.15. The van der Waals surface area contributed by atoms with E-state index in [1.165, 1.54) is 10.4 Å². The van der Waals surface area contributed by atoms with Gasteiger partial charge in [-0.1, -0.05) is 0 Å². The van der Waals surface area contributed by atoms with Crippen LogP contribution in [0, 0.1) is 6.92 Å². The van der Waals surface area contributed by atoms with Crippen molar-refractivity contribution in [1.82, 2.24) is 10.2 Å². The van der Waals surface area contributed by atoms with E-state index in [0.29, 0.717) is 19.8 Å². The zero-order valence-electron chi connectivity index (χ0n) is 10.1. The lowest BCUT2D eigenvalue weighted by molar-refractivity contribution is -0.134. The minimum atomic E-state index is 0.169. The van der Waals surface area contributed by atoms with Crippen LogP contribution < -0.4 is 5.32 Å². The highest BCUT2D eigenvalue weighted by molar-refractivity contribution is 7.10. The smallest absolute Gasteiger partial charge is 0.236 e. The largest absolute Gasteiger partial charge is 0.378 e. The molecule has 0 aromatic carbocycles. The quantitative estimate of drug-likeness (QED) is 0.872. The molecule has 0 spiro atoms. The van der Waals surface area contributed by atoms with Crippen LogP contribution in [0.15, 0.2) is 11.4 Å². The van der Waals surface area contributed by atoms with E-state index >= 15 is 0 Å². The second-order valence-corrected chi connectivity index (χ2v) is 5.12. The first kappa shape index (κ1) is 12.5. The molecule has 2 rings (SSSR count). The Balaban J connectivity index is 1.71. The van der Waals surface area contributed by atoms with Gasteiger partial charge in [0, 0.05) is 24.5 Å². The van der Waals surface area contributed by atoms with Crippen LogP contribution >= 0.6 is 11.3 Å². The molecule has 1 N–H and O–H groups in total. The van der Waals surface area contributed by atoms with E-state index in [-0.39, 0.29) is 5.91 Å². The fourth-order valence-electron chi connectivity index (χ4n) is 1.79. The van der Waals surface area contributed by atoms with Crippen molar-refractivity contribution in [3.8, 4) is 0 Å². The number of amides is 1. The van der Waals surface area contributed by atoms with Crippen LogP contribution in [0.1, 0.15) is 10.4 Å². The first-order chi connectivity index (χ1) is 8.27. The van der Waals surface area contributed by atoms with Gasteiger partial charge in [-0.3, -0.25) is 4.79 Å².